The Morgan fingerprint density at radius 3 is 2.59 bits per heavy atom. The van der Waals surface area contributed by atoms with Gasteiger partial charge < -0.3 is 24.8 Å². The van der Waals surface area contributed by atoms with Crippen LogP contribution in [0.25, 0.3) is 0 Å². The van der Waals surface area contributed by atoms with Crippen LogP contribution in [0.5, 0.6) is 11.5 Å². The molecule has 7 nitrogen and oxygen atoms in total. The molecule has 1 saturated heterocycles. The van der Waals surface area contributed by atoms with E-state index in [2.05, 4.69) is 27.4 Å². The number of aliphatic imine (C=N–C) groups is 1. The molecule has 0 aliphatic carbocycles. The summed E-state index contributed by atoms with van der Waals surface area (Å²) in [6.07, 6.45) is 2.31. The number of ether oxygens (including phenoxy) is 3. The second-order valence-electron chi connectivity index (χ2n) is 6.47. The van der Waals surface area contributed by atoms with Crippen molar-refractivity contribution in [2.45, 2.75) is 26.3 Å². The molecule has 27 heavy (non-hydrogen) atoms. The first-order valence-corrected chi connectivity index (χ1v) is 9.80. The average molecular weight is 379 g/mol. The minimum absolute atomic E-state index is 0.587. The molecule has 152 valence electrons. The van der Waals surface area contributed by atoms with Crippen LogP contribution in [-0.4, -0.2) is 71.0 Å². The number of nitrogens with zero attached hydrogens (tertiary/aromatic N) is 2. The Morgan fingerprint density at radius 2 is 1.89 bits per heavy atom. The van der Waals surface area contributed by atoms with Crippen LogP contribution in [0.15, 0.2) is 23.2 Å². The van der Waals surface area contributed by atoms with Crippen LogP contribution < -0.4 is 20.1 Å². The number of guanidine groups is 1. The predicted octanol–water partition coefficient (Wildman–Crippen LogP) is 1.87. The number of rotatable bonds is 10. The third-order valence-corrected chi connectivity index (χ3v) is 4.51. The van der Waals surface area contributed by atoms with Gasteiger partial charge in [0.15, 0.2) is 17.5 Å². The molecule has 0 unspecified atom stereocenters. The second-order valence-corrected chi connectivity index (χ2v) is 6.47. The summed E-state index contributed by atoms with van der Waals surface area (Å²) >= 11 is 0. The highest BCUT2D eigenvalue weighted by atomic mass is 16.5. The lowest BCUT2D eigenvalue weighted by atomic mass is 10.2. The van der Waals surface area contributed by atoms with Crippen molar-refractivity contribution in [3.05, 3.63) is 23.8 Å². The molecular weight excluding hydrogens is 344 g/mol. The molecule has 0 radical (unpaired) electrons. The van der Waals surface area contributed by atoms with E-state index in [9.17, 15) is 0 Å². The fourth-order valence-electron chi connectivity index (χ4n) is 2.98. The highest BCUT2D eigenvalue weighted by molar-refractivity contribution is 5.79. The summed E-state index contributed by atoms with van der Waals surface area (Å²) in [7, 11) is 3.29. The third kappa shape index (κ3) is 7.64. The van der Waals surface area contributed by atoms with E-state index in [1.807, 2.05) is 18.2 Å². The van der Waals surface area contributed by atoms with Crippen LogP contribution in [0.2, 0.25) is 0 Å². The van der Waals surface area contributed by atoms with Gasteiger partial charge in [0.2, 0.25) is 0 Å². The van der Waals surface area contributed by atoms with E-state index in [0.29, 0.717) is 6.54 Å². The Balaban J connectivity index is 1.76. The van der Waals surface area contributed by atoms with E-state index >= 15 is 0 Å². The zero-order valence-corrected chi connectivity index (χ0v) is 16.9. The van der Waals surface area contributed by atoms with Gasteiger partial charge >= 0.3 is 0 Å². The summed E-state index contributed by atoms with van der Waals surface area (Å²) in [5, 5.41) is 6.72. The van der Waals surface area contributed by atoms with Crippen molar-refractivity contribution >= 4 is 5.96 Å². The molecule has 1 fully saturated rings. The van der Waals surface area contributed by atoms with Crippen molar-refractivity contribution in [3.8, 4) is 11.5 Å². The summed E-state index contributed by atoms with van der Waals surface area (Å²) in [4.78, 5) is 7.15. The van der Waals surface area contributed by atoms with Crippen LogP contribution in [0.1, 0.15) is 25.3 Å². The second kappa shape index (κ2) is 12.4. The standard InChI is InChI=1S/C20H34N4O3/c1-4-21-20(22-9-5-6-10-24-11-13-27-14-12-24)23-16-17-7-8-18(25-2)19(15-17)26-3/h7-8,15H,4-6,9-14,16H2,1-3H3,(H2,21,22,23). The lowest BCUT2D eigenvalue weighted by Crippen LogP contribution is -2.39. The average Bonchev–Trinajstić information content (AvgIpc) is 2.72. The number of hydrogen-bond donors (Lipinski definition) is 2. The molecule has 1 aliphatic rings. The maximum absolute atomic E-state index is 5.38. The van der Waals surface area contributed by atoms with E-state index in [1.54, 1.807) is 14.2 Å². The normalized spacial score (nSPS) is 15.4. The van der Waals surface area contributed by atoms with Gasteiger partial charge in [0.05, 0.1) is 34.0 Å². The fraction of sp³-hybridized carbons (Fsp3) is 0.650. The number of nitrogens with one attached hydrogen (secondary N) is 2. The molecule has 1 aromatic carbocycles. The SMILES string of the molecule is CCNC(=NCc1ccc(OC)c(OC)c1)NCCCCN1CCOCC1. The Bertz CT molecular complexity index is 574. The van der Waals surface area contributed by atoms with E-state index in [0.717, 1.165) is 75.4 Å². The molecule has 7 heteroatoms. The quantitative estimate of drug-likeness (QED) is 0.368. The predicted molar refractivity (Wildman–Crippen MR) is 109 cm³/mol. The van der Waals surface area contributed by atoms with Gasteiger partial charge in [-0.05, 0) is 44.0 Å². The van der Waals surface area contributed by atoms with E-state index in [1.165, 1.54) is 6.42 Å². The number of morpholine rings is 1. The molecule has 0 saturated carbocycles. The molecule has 1 heterocycles. The Morgan fingerprint density at radius 1 is 1.11 bits per heavy atom. The highest BCUT2D eigenvalue weighted by Crippen LogP contribution is 2.27. The number of unbranched alkanes of at least 4 members (excludes halogenated alkanes) is 1. The van der Waals surface area contributed by atoms with E-state index in [-0.39, 0.29) is 0 Å². The van der Waals surface area contributed by atoms with Gasteiger partial charge in [0.25, 0.3) is 0 Å². The maximum Gasteiger partial charge on any atom is 0.191 e. The van der Waals surface area contributed by atoms with Gasteiger partial charge in [-0.25, -0.2) is 4.99 Å². The summed E-state index contributed by atoms with van der Waals surface area (Å²) < 4.78 is 16.0. The number of benzene rings is 1. The Kier molecular flexibility index (Phi) is 9.79. The molecule has 0 aromatic heterocycles. The molecular formula is C20H34N4O3. The smallest absolute Gasteiger partial charge is 0.191 e. The fourth-order valence-corrected chi connectivity index (χ4v) is 2.98. The molecule has 0 spiro atoms. The summed E-state index contributed by atoms with van der Waals surface area (Å²) in [5.41, 5.74) is 1.08. The number of hydrogen-bond acceptors (Lipinski definition) is 5. The van der Waals surface area contributed by atoms with Crippen LogP contribution in [-0.2, 0) is 11.3 Å². The monoisotopic (exact) mass is 378 g/mol. The Labute approximate surface area is 163 Å². The zero-order chi connectivity index (χ0) is 19.3. The molecule has 0 amide bonds. The summed E-state index contributed by atoms with van der Waals surface area (Å²) in [6.45, 7) is 9.41. The largest absolute Gasteiger partial charge is 0.493 e. The van der Waals surface area contributed by atoms with Crippen molar-refractivity contribution in [3.63, 3.8) is 0 Å². The minimum Gasteiger partial charge on any atom is -0.493 e. The molecule has 1 aromatic rings. The van der Waals surface area contributed by atoms with Gasteiger partial charge in [-0.3, -0.25) is 4.90 Å². The maximum atomic E-state index is 5.38. The first-order chi connectivity index (χ1) is 13.3. The van der Waals surface area contributed by atoms with Gasteiger partial charge in [-0.15, -0.1) is 0 Å². The zero-order valence-electron chi connectivity index (χ0n) is 16.9. The van der Waals surface area contributed by atoms with Crippen molar-refractivity contribution in [1.29, 1.82) is 0 Å². The lowest BCUT2D eigenvalue weighted by molar-refractivity contribution is 0.0372. The van der Waals surface area contributed by atoms with Crippen molar-refractivity contribution in [1.82, 2.24) is 15.5 Å². The summed E-state index contributed by atoms with van der Waals surface area (Å²) in [5.74, 6) is 2.31. The molecule has 0 bridgehead atoms. The van der Waals surface area contributed by atoms with Crippen LogP contribution in [0.4, 0.5) is 0 Å². The van der Waals surface area contributed by atoms with E-state index in [4.69, 9.17) is 14.2 Å². The number of methoxy groups -OCH3 is 2. The lowest BCUT2D eigenvalue weighted by Gasteiger charge is -2.26. The summed E-state index contributed by atoms with van der Waals surface area (Å²) in [6, 6.07) is 5.89. The van der Waals surface area contributed by atoms with E-state index < -0.39 is 0 Å². The van der Waals surface area contributed by atoms with Crippen LogP contribution in [0.3, 0.4) is 0 Å². The van der Waals surface area contributed by atoms with Crippen molar-refractivity contribution in [2.24, 2.45) is 4.99 Å². The first kappa shape index (κ1) is 21.3. The van der Waals surface area contributed by atoms with Crippen LogP contribution >= 0.6 is 0 Å². The van der Waals surface area contributed by atoms with Gasteiger partial charge in [0.1, 0.15) is 0 Å². The molecule has 0 atom stereocenters. The molecule has 1 aliphatic heterocycles. The van der Waals surface area contributed by atoms with Gasteiger partial charge in [-0.2, -0.15) is 0 Å². The minimum atomic E-state index is 0.587. The highest BCUT2D eigenvalue weighted by Gasteiger charge is 2.09. The molecule has 2 rings (SSSR count). The first-order valence-electron chi connectivity index (χ1n) is 9.80. The topological polar surface area (TPSA) is 67.4 Å². The van der Waals surface area contributed by atoms with Gasteiger partial charge in [-0.1, -0.05) is 6.07 Å². The molecule has 2 N–H and O–H groups in total. The van der Waals surface area contributed by atoms with Crippen molar-refractivity contribution in [2.75, 3.05) is 60.2 Å². The van der Waals surface area contributed by atoms with Crippen molar-refractivity contribution < 1.29 is 14.2 Å². The van der Waals surface area contributed by atoms with Gasteiger partial charge in [0, 0.05) is 26.2 Å². The third-order valence-electron chi connectivity index (χ3n) is 4.51. The Hall–Kier alpha value is -1.99. The van der Waals surface area contributed by atoms with Crippen LogP contribution in [0, 0.1) is 0 Å².